The van der Waals surface area contributed by atoms with Gasteiger partial charge in [0.2, 0.25) is 0 Å². The van der Waals surface area contributed by atoms with E-state index < -0.39 is 18.8 Å². The Morgan fingerprint density at radius 3 is 2.88 bits per heavy atom. The number of hydrogen-bond acceptors (Lipinski definition) is 6. The second-order valence-electron chi connectivity index (χ2n) is 9.74. The van der Waals surface area contributed by atoms with Crippen LogP contribution in [0.25, 0.3) is 33.5 Å². The van der Waals surface area contributed by atoms with Crippen LogP contribution in [0.15, 0.2) is 53.2 Å². The minimum Gasteiger partial charge on any atom is -0.465 e. The summed E-state index contributed by atoms with van der Waals surface area (Å²) in [6, 6.07) is 14.2. The van der Waals surface area contributed by atoms with E-state index in [4.69, 9.17) is 14.6 Å². The second-order valence-corrected chi connectivity index (χ2v) is 9.74. The Morgan fingerprint density at radius 1 is 1.30 bits per heavy atom. The molecule has 2 aromatic carbocycles. The van der Waals surface area contributed by atoms with Crippen LogP contribution in [0.4, 0.5) is 9.18 Å². The number of carbonyl (C=O) groups is 2. The molecule has 1 aliphatic heterocycles. The molecule has 0 saturated carbocycles. The minimum atomic E-state index is -1.34. The summed E-state index contributed by atoms with van der Waals surface area (Å²) in [5, 5.41) is 25.6. The molecule has 2 N–H and O–H groups in total. The van der Waals surface area contributed by atoms with Gasteiger partial charge >= 0.3 is 6.09 Å². The number of carboxylic acid groups (broad SMARTS) is 1. The highest BCUT2D eigenvalue weighted by Crippen LogP contribution is 2.34. The first kappa shape index (κ1) is 25.1. The molecule has 0 fully saturated rings. The number of hydrogen-bond donors (Lipinski definition) is 2. The van der Waals surface area contributed by atoms with Crippen molar-refractivity contribution in [3.63, 3.8) is 0 Å². The number of nitrogens with one attached hydrogen (secondary N) is 1. The predicted molar refractivity (Wildman–Crippen MR) is 142 cm³/mol. The highest BCUT2D eigenvalue weighted by molar-refractivity contribution is 6.01. The molecule has 6 rings (SSSR count). The number of rotatable bonds is 7. The molecule has 0 bridgehead atoms. The molecule has 4 heterocycles. The minimum absolute atomic E-state index is 0.0600. The number of nitrogens with zero attached hydrogens (tertiary/aromatic N) is 6. The highest BCUT2D eigenvalue weighted by Gasteiger charge is 2.29. The average molecular weight is 542 g/mol. The van der Waals surface area contributed by atoms with Crippen molar-refractivity contribution in [3.8, 4) is 17.6 Å². The van der Waals surface area contributed by atoms with Gasteiger partial charge in [-0.2, -0.15) is 5.26 Å². The maximum Gasteiger partial charge on any atom is 0.405 e. The van der Waals surface area contributed by atoms with Crippen LogP contribution in [0, 0.1) is 11.3 Å². The molecule has 5 aromatic rings. The molecule has 202 valence electrons. The summed E-state index contributed by atoms with van der Waals surface area (Å²) in [5.74, 6) is 0.971. The molecule has 12 heteroatoms. The Morgan fingerprint density at radius 2 is 2.15 bits per heavy atom. The SMILES string of the molecule is Cn1c(-c2cc3cccc(C#N)c3n2Cc2ccno2)nc2cc3c(cc21)CCN(CC(CF)NC(=O)O)C3=O. The van der Waals surface area contributed by atoms with E-state index in [1.54, 1.807) is 24.4 Å². The van der Waals surface area contributed by atoms with E-state index in [0.717, 1.165) is 27.7 Å². The maximum absolute atomic E-state index is 13.4. The van der Waals surface area contributed by atoms with Crippen molar-refractivity contribution in [1.82, 2.24) is 29.5 Å². The number of aromatic nitrogens is 4. The van der Waals surface area contributed by atoms with Crippen LogP contribution in [0.3, 0.4) is 0 Å². The molecule has 3 aromatic heterocycles. The fourth-order valence-electron chi connectivity index (χ4n) is 5.44. The molecule has 11 nitrogen and oxygen atoms in total. The van der Waals surface area contributed by atoms with E-state index in [1.807, 2.05) is 40.4 Å². The van der Waals surface area contributed by atoms with Crippen LogP contribution in [-0.2, 0) is 20.0 Å². The molecule has 0 radical (unpaired) electrons. The summed E-state index contributed by atoms with van der Waals surface area (Å²) in [6.07, 6.45) is 0.776. The van der Waals surface area contributed by atoms with Gasteiger partial charge in [-0.3, -0.25) is 4.79 Å². The van der Waals surface area contributed by atoms with Gasteiger partial charge < -0.3 is 29.0 Å². The topological polar surface area (TPSA) is 142 Å². The quantitative estimate of drug-likeness (QED) is 0.320. The van der Waals surface area contributed by atoms with E-state index >= 15 is 0 Å². The summed E-state index contributed by atoms with van der Waals surface area (Å²) < 4.78 is 22.7. The summed E-state index contributed by atoms with van der Waals surface area (Å²) >= 11 is 0. The standard InChI is InChI=1S/C28H24FN7O4/c1-34-23-9-16-6-8-35(14-19(12-29)32-28(38)39)27(37)21(16)11-22(23)33-26(34)24-10-17-3-2-4-18(13-30)25(17)36(24)15-20-5-7-31-40-20/h2-5,7,9-11,19,32H,6,8,12,14-15H2,1H3,(H,38,39). The molecular formula is C28H24FN7O4. The van der Waals surface area contributed by atoms with E-state index in [-0.39, 0.29) is 12.5 Å². The van der Waals surface area contributed by atoms with Gasteiger partial charge in [-0.25, -0.2) is 14.2 Å². The molecule has 2 amide bonds. The number of nitriles is 1. The lowest BCUT2D eigenvalue weighted by Gasteiger charge is -2.31. The van der Waals surface area contributed by atoms with Crippen molar-refractivity contribution >= 4 is 33.9 Å². The van der Waals surface area contributed by atoms with Gasteiger partial charge in [0.05, 0.1) is 46.6 Å². The lowest BCUT2D eigenvalue weighted by atomic mass is 9.97. The van der Waals surface area contributed by atoms with Crippen molar-refractivity contribution < 1.29 is 23.6 Å². The smallest absolute Gasteiger partial charge is 0.405 e. The third-order valence-electron chi connectivity index (χ3n) is 7.30. The van der Waals surface area contributed by atoms with E-state index in [2.05, 4.69) is 16.5 Å². The number of alkyl halides is 1. The molecule has 1 atom stereocenters. The maximum atomic E-state index is 13.4. The fourth-order valence-corrected chi connectivity index (χ4v) is 5.44. The molecule has 1 aliphatic rings. The Balaban J connectivity index is 1.43. The summed E-state index contributed by atoms with van der Waals surface area (Å²) in [7, 11) is 1.90. The van der Waals surface area contributed by atoms with Crippen LogP contribution in [-0.4, -0.2) is 67.1 Å². The predicted octanol–water partition coefficient (Wildman–Crippen LogP) is 3.71. The Hall–Kier alpha value is -5.18. The first-order valence-corrected chi connectivity index (χ1v) is 12.6. The van der Waals surface area contributed by atoms with Gasteiger partial charge in [-0.1, -0.05) is 17.3 Å². The Kier molecular flexibility index (Phi) is 6.18. The summed E-state index contributed by atoms with van der Waals surface area (Å²) in [6.45, 7) is -0.288. The number of amides is 2. The number of fused-ring (bicyclic) bond motifs is 3. The second kappa shape index (κ2) is 9.85. The zero-order valence-corrected chi connectivity index (χ0v) is 21.5. The molecule has 0 aliphatic carbocycles. The monoisotopic (exact) mass is 541 g/mol. The molecule has 40 heavy (non-hydrogen) atoms. The highest BCUT2D eigenvalue weighted by atomic mass is 19.1. The number of imidazole rings is 1. The number of carbonyl (C=O) groups excluding carboxylic acids is 1. The van der Waals surface area contributed by atoms with Gasteiger partial charge in [0, 0.05) is 37.2 Å². The number of benzene rings is 2. The van der Waals surface area contributed by atoms with Gasteiger partial charge in [-0.15, -0.1) is 0 Å². The van der Waals surface area contributed by atoms with Gasteiger partial charge in [-0.05, 0) is 36.2 Å². The Bertz CT molecular complexity index is 1820. The molecule has 0 saturated heterocycles. The van der Waals surface area contributed by atoms with Crippen LogP contribution < -0.4 is 5.32 Å². The molecule has 0 spiro atoms. The largest absolute Gasteiger partial charge is 0.465 e. The first-order chi connectivity index (χ1) is 19.4. The van der Waals surface area contributed by atoms with Crippen molar-refractivity contribution in [2.24, 2.45) is 7.05 Å². The number of halogens is 1. The van der Waals surface area contributed by atoms with E-state index in [1.165, 1.54) is 4.90 Å². The van der Waals surface area contributed by atoms with Crippen LogP contribution in [0.5, 0.6) is 0 Å². The molecular weight excluding hydrogens is 517 g/mol. The number of aryl methyl sites for hydroxylation is 1. The van der Waals surface area contributed by atoms with Gasteiger partial charge in [0.15, 0.2) is 11.6 Å². The lowest BCUT2D eigenvalue weighted by Crippen LogP contribution is -2.48. The van der Waals surface area contributed by atoms with Crippen molar-refractivity contribution in [2.45, 2.75) is 19.0 Å². The zero-order chi connectivity index (χ0) is 28.0. The van der Waals surface area contributed by atoms with E-state index in [9.17, 15) is 19.2 Å². The zero-order valence-electron chi connectivity index (χ0n) is 21.5. The van der Waals surface area contributed by atoms with Crippen LogP contribution in [0.2, 0.25) is 0 Å². The van der Waals surface area contributed by atoms with Gasteiger partial charge in [0.25, 0.3) is 5.91 Å². The average Bonchev–Trinajstić information content (AvgIpc) is 3.67. The fraction of sp³-hybridized carbons (Fsp3) is 0.250. The molecule has 1 unspecified atom stereocenters. The van der Waals surface area contributed by atoms with E-state index in [0.29, 0.717) is 47.7 Å². The van der Waals surface area contributed by atoms with Crippen molar-refractivity contribution in [1.29, 1.82) is 5.26 Å². The third kappa shape index (κ3) is 4.21. The van der Waals surface area contributed by atoms with Gasteiger partial charge in [0.1, 0.15) is 12.7 Å². The van der Waals surface area contributed by atoms with Crippen LogP contribution in [0.1, 0.15) is 27.2 Å². The van der Waals surface area contributed by atoms with Crippen molar-refractivity contribution in [3.05, 3.63) is 71.1 Å². The lowest BCUT2D eigenvalue weighted by molar-refractivity contribution is 0.0714. The van der Waals surface area contributed by atoms with Crippen LogP contribution >= 0.6 is 0 Å². The summed E-state index contributed by atoms with van der Waals surface area (Å²) in [5.41, 5.74) is 4.79. The number of para-hydroxylation sites is 1. The Labute approximate surface area is 227 Å². The van der Waals surface area contributed by atoms with Crippen molar-refractivity contribution in [2.75, 3.05) is 19.8 Å². The normalized spacial score (nSPS) is 13.9. The third-order valence-corrected chi connectivity index (χ3v) is 7.30. The first-order valence-electron chi connectivity index (χ1n) is 12.6. The summed E-state index contributed by atoms with van der Waals surface area (Å²) in [4.78, 5) is 30.7.